The maximum Gasteiger partial charge on any atom is 0.241 e. The van der Waals surface area contributed by atoms with Crippen molar-refractivity contribution >= 4 is 15.9 Å². The second kappa shape index (κ2) is 5.26. The number of hydrogen-bond acceptors (Lipinski definition) is 3. The average molecular weight is 286 g/mol. The zero-order valence-electron chi connectivity index (χ0n) is 10.4. The fourth-order valence-electron chi connectivity index (χ4n) is 1.52. The lowest BCUT2D eigenvalue weighted by molar-refractivity contribution is -0.122. The third-order valence-corrected chi connectivity index (χ3v) is 4.33. The van der Waals surface area contributed by atoms with Crippen molar-refractivity contribution < 1.29 is 17.6 Å². The Morgan fingerprint density at radius 3 is 2.42 bits per heavy atom. The van der Waals surface area contributed by atoms with E-state index in [1.165, 1.54) is 6.92 Å². The van der Waals surface area contributed by atoms with Crippen molar-refractivity contribution in [2.45, 2.75) is 36.7 Å². The van der Waals surface area contributed by atoms with Crippen molar-refractivity contribution in [3.05, 3.63) is 30.1 Å². The van der Waals surface area contributed by atoms with Crippen molar-refractivity contribution in [1.82, 2.24) is 10.0 Å². The van der Waals surface area contributed by atoms with E-state index in [1.54, 1.807) is 0 Å². The maximum atomic E-state index is 12.7. The summed E-state index contributed by atoms with van der Waals surface area (Å²) in [6.07, 6.45) is 1.87. The molecule has 1 aromatic carbocycles. The molecule has 5 nitrogen and oxygen atoms in total. The topological polar surface area (TPSA) is 75.3 Å². The van der Waals surface area contributed by atoms with Gasteiger partial charge in [0, 0.05) is 6.04 Å². The lowest BCUT2D eigenvalue weighted by Crippen LogP contribution is -2.45. The van der Waals surface area contributed by atoms with Crippen LogP contribution in [0.4, 0.5) is 4.39 Å². The molecule has 1 aromatic rings. The SMILES string of the molecule is CC(NS(=O)(=O)c1ccc(F)cc1)C(=O)NC1CC1. The van der Waals surface area contributed by atoms with E-state index in [-0.39, 0.29) is 16.8 Å². The summed E-state index contributed by atoms with van der Waals surface area (Å²) in [4.78, 5) is 11.6. The van der Waals surface area contributed by atoms with Gasteiger partial charge in [0.1, 0.15) is 5.82 Å². The number of hydrogen-bond donors (Lipinski definition) is 2. The number of benzene rings is 1. The van der Waals surface area contributed by atoms with Crippen molar-refractivity contribution in [3.8, 4) is 0 Å². The first-order valence-corrected chi connectivity index (χ1v) is 7.45. The molecule has 0 radical (unpaired) electrons. The molecule has 1 unspecified atom stereocenters. The molecule has 0 heterocycles. The van der Waals surface area contributed by atoms with Gasteiger partial charge in [0.15, 0.2) is 0 Å². The van der Waals surface area contributed by atoms with Gasteiger partial charge in [0.2, 0.25) is 15.9 Å². The van der Waals surface area contributed by atoms with E-state index in [1.807, 2.05) is 0 Å². The second-order valence-electron chi connectivity index (χ2n) is 4.58. The molecule has 7 heteroatoms. The molecule has 2 rings (SSSR count). The Hall–Kier alpha value is -1.47. The number of carbonyl (C=O) groups excluding carboxylic acids is 1. The fourth-order valence-corrected chi connectivity index (χ4v) is 2.72. The summed E-state index contributed by atoms with van der Waals surface area (Å²) in [6.45, 7) is 1.47. The van der Waals surface area contributed by atoms with Gasteiger partial charge in [-0.05, 0) is 44.0 Å². The van der Waals surface area contributed by atoms with Gasteiger partial charge < -0.3 is 5.32 Å². The van der Waals surface area contributed by atoms with E-state index in [0.29, 0.717) is 0 Å². The van der Waals surface area contributed by atoms with E-state index in [4.69, 9.17) is 0 Å². The van der Waals surface area contributed by atoms with E-state index >= 15 is 0 Å². The zero-order valence-corrected chi connectivity index (χ0v) is 11.2. The quantitative estimate of drug-likeness (QED) is 0.839. The minimum atomic E-state index is -3.81. The third kappa shape index (κ3) is 3.74. The molecule has 2 N–H and O–H groups in total. The summed E-state index contributed by atoms with van der Waals surface area (Å²) in [5.41, 5.74) is 0. The lowest BCUT2D eigenvalue weighted by atomic mass is 10.3. The molecule has 0 aromatic heterocycles. The van der Waals surface area contributed by atoms with E-state index in [2.05, 4.69) is 10.0 Å². The van der Waals surface area contributed by atoms with Crippen molar-refractivity contribution in [2.24, 2.45) is 0 Å². The minimum absolute atomic E-state index is 0.0695. The molecule has 1 aliphatic rings. The number of sulfonamides is 1. The van der Waals surface area contributed by atoms with Gasteiger partial charge in [-0.3, -0.25) is 4.79 Å². The summed E-state index contributed by atoms with van der Waals surface area (Å²) in [6, 6.07) is 3.74. The maximum absolute atomic E-state index is 12.7. The monoisotopic (exact) mass is 286 g/mol. The molecule has 0 saturated heterocycles. The Bertz CT molecular complexity index is 567. The first kappa shape index (κ1) is 14.0. The van der Waals surface area contributed by atoms with Crippen LogP contribution in [0, 0.1) is 5.82 Å². The largest absolute Gasteiger partial charge is 0.352 e. The molecule has 1 atom stereocenters. The van der Waals surface area contributed by atoms with Gasteiger partial charge >= 0.3 is 0 Å². The zero-order chi connectivity index (χ0) is 14.0. The Morgan fingerprint density at radius 1 is 1.32 bits per heavy atom. The average Bonchev–Trinajstić information content (AvgIpc) is 3.12. The highest BCUT2D eigenvalue weighted by Gasteiger charge is 2.27. The van der Waals surface area contributed by atoms with Crippen LogP contribution in [0.25, 0.3) is 0 Å². The van der Waals surface area contributed by atoms with Crippen molar-refractivity contribution in [1.29, 1.82) is 0 Å². The molecule has 1 amide bonds. The normalized spacial score (nSPS) is 16.9. The number of rotatable bonds is 5. The van der Waals surface area contributed by atoms with Gasteiger partial charge in [-0.1, -0.05) is 0 Å². The van der Waals surface area contributed by atoms with Crippen LogP contribution in [0.2, 0.25) is 0 Å². The Labute approximate surface area is 111 Å². The van der Waals surface area contributed by atoms with Gasteiger partial charge in [-0.25, -0.2) is 12.8 Å². The summed E-state index contributed by atoms with van der Waals surface area (Å²) < 4.78 is 38.9. The first-order chi connectivity index (χ1) is 8.88. The molecular weight excluding hydrogens is 271 g/mol. The molecule has 1 saturated carbocycles. The summed E-state index contributed by atoms with van der Waals surface area (Å²) in [5, 5.41) is 2.71. The fraction of sp³-hybridized carbons (Fsp3) is 0.417. The Balaban J connectivity index is 2.03. The summed E-state index contributed by atoms with van der Waals surface area (Å²) >= 11 is 0. The predicted molar refractivity (Wildman–Crippen MR) is 67.3 cm³/mol. The molecule has 1 fully saturated rings. The number of amides is 1. The second-order valence-corrected chi connectivity index (χ2v) is 6.29. The highest BCUT2D eigenvalue weighted by atomic mass is 32.2. The van der Waals surface area contributed by atoms with Gasteiger partial charge in [0.05, 0.1) is 10.9 Å². The molecular formula is C12H15FN2O3S. The molecule has 0 aliphatic heterocycles. The highest BCUT2D eigenvalue weighted by Crippen LogP contribution is 2.18. The standard InChI is InChI=1S/C12H15FN2O3S/c1-8(12(16)14-10-4-5-10)15-19(17,18)11-6-2-9(13)3-7-11/h2-3,6-8,10,15H,4-5H2,1H3,(H,14,16). The Kier molecular flexibility index (Phi) is 3.86. The minimum Gasteiger partial charge on any atom is -0.352 e. The van der Waals surface area contributed by atoms with E-state index in [9.17, 15) is 17.6 Å². The molecule has 104 valence electrons. The molecule has 0 spiro atoms. The van der Waals surface area contributed by atoms with Crippen molar-refractivity contribution in [3.63, 3.8) is 0 Å². The van der Waals surface area contributed by atoms with Crippen LogP contribution in [0.15, 0.2) is 29.2 Å². The number of halogens is 1. The van der Waals surface area contributed by atoms with Crippen LogP contribution >= 0.6 is 0 Å². The lowest BCUT2D eigenvalue weighted by Gasteiger charge is -2.14. The van der Waals surface area contributed by atoms with Gasteiger partial charge in [-0.15, -0.1) is 0 Å². The van der Waals surface area contributed by atoms with Crippen LogP contribution in [0.1, 0.15) is 19.8 Å². The van der Waals surface area contributed by atoms with Crippen LogP contribution < -0.4 is 10.0 Å². The summed E-state index contributed by atoms with van der Waals surface area (Å²) in [7, 11) is -3.81. The van der Waals surface area contributed by atoms with Crippen LogP contribution in [-0.2, 0) is 14.8 Å². The molecule has 1 aliphatic carbocycles. The number of nitrogens with one attached hydrogen (secondary N) is 2. The number of carbonyl (C=O) groups is 1. The predicted octanol–water partition coefficient (Wildman–Crippen LogP) is 0.771. The van der Waals surface area contributed by atoms with Crippen LogP contribution in [0.5, 0.6) is 0 Å². The Morgan fingerprint density at radius 2 is 1.89 bits per heavy atom. The first-order valence-electron chi connectivity index (χ1n) is 5.97. The third-order valence-electron chi connectivity index (χ3n) is 2.77. The summed E-state index contributed by atoms with van der Waals surface area (Å²) in [5.74, 6) is -0.869. The smallest absolute Gasteiger partial charge is 0.241 e. The van der Waals surface area contributed by atoms with Gasteiger partial charge in [-0.2, -0.15) is 4.72 Å². The van der Waals surface area contributed by atoms with Crippen LogP contribution in [-0.4, -0.2) is 26.4 Å². The molecule has 19 heavy (non-hydrogen) atoms. The molecule has 0 bridgehead atoms. The van der Waals surface area contributed by atoms with E-state index in [0.717, 1.165) is 37.1 Å². The van der Waals surface area contributed by atoms with Crippen molar-refractivity contribution in [2.75, 3.05) is 0 Å². The highest BCUT2D eigenvalue weighted by molar-refractivity contribution is 7.89. The van der Waals surface area contributed by atoms with Gasteiger partial charge in [0.25, 0.3) is 0 Å². The van der Waals surface area contributed by atoms with E-state index < -0.39 is 21.9 Å². The van der Waals surface area contributed by atoms with Crippen LogP contribution in [0.3, 0.4) is 0 Å².